The fraction of sp³-hybridized carbons (Fsp3) is 0.467. The fourth-order valence-corrected chi connectivity index (χ4v) is 5.85. The molecule has 1 N–H and O–H groups in total. The van der Waals surface area contributed by atoms with Crippen LogP contribution in [0.4, 0.5) is 0 Å². The summed E-state index contributed by atoms with van der Waals surface area (Å²) in [5.74, 6) is 1.29. The minimum absolute atomic E-state index is 0.00914. The lowest BCUT2D eigenvalue weighted by atomic mass is 9.76. The van der Waals surface area contributed by atoms with E-state index in [1.807, 2.05) is 44.2 Å². The quantitative estimate of drug-likeness (QED) is 0.436. The number of piperazine rings is 1. The van der Waals surface area contributed by atoms with E-state index in [1.54, 1.807) is 9.80 Å². The first kappa shape index (κ1) is 25.2. The number of aromatic nitrogens is 1. The summed E-state index contributed by atoms with van der Waals surface area (Å²) in [5.41, 5.74) is 2.83. The number of nitrogens with one attached hydrogen (secondary N) is 1. The Bertz CT molecular complexity index is 1320. The van der Waals surface area contributed by atoms with Gasteiger partial charge in [0.25, 0.3) is 5.91 Å². The van der Waals surface area contributed by atoms with Gasteiger partial charge in [-0.05, 0) is 56.0 Å². The third-order valence-electron chi connectivity index (χ3n) is 7.73. The van der Waals surface area contributed by atoms with Crippen LogP contribution in [0.5, 0.6) is 11.5 Å². The third-order valence-corrected chi connectivity index (χ3v) is 7.73. The summed E-state index contributed by atoms with van der Waals surface area (Å²) in [6, 6.07) is 14.2. The number of ether oxygens (including phenoxy) is 2. The Kier molecular flexibility index (Phi) is 6.88. The minimum Gasteiger partial charge on any atom is -0.490 e. The first-order valence-electron chi connectivity index (χ1n) is 13.5. The number of carbonyl (C=O) groups is 2. The van der Waals surface area contributed by atoms with Crippen LogP contribution in [0.1, 0.15) is 69.7 Å². The zero-order chi connectivity index (χ0) is 26.2. The van der Waals surface area contributed by atoms with Crippen molar-refractivity contribution in [2.24, 2.45) is 0 Å². The van der Waals surface area contributed by atoms with E-state index < -0.39 is 5.54 Å². The first-order valence-corrected chi connectivity index (χ1v) is 13.5. The summed E-state index contributed by atoms with van der Waals surface area (Å²) in [6.07, 6.45) is 2.76. The van der Waals surface area contributed by atoms with Gasteiger partial charge in [0.05, 0.1) is 25.5 Å². The minimum atomic E-state index is -1.07. The fourth-order valence-electron chi connectivity index (χ4n) is 5.85. The molecule has 5 rings (SSSR count). The van der Waals surface area contributed by atoms with E-state index in [-0.39, 0.29) is 24.3 Å². The number of hydrogen-bond donors (Lipinski definition) is 1. The Hall–Kier alpha value is -3.48. The maximum Gasteiger partial charge on any atom is 0.254 e. The summed E-state index contributed by atoms with van der Waals surface area (Å²) in [4.78, 5) is 34.6. The number of benzene rings is 2. The van der Waals surface area contributed by atoms with Gasteiger partial charge in [-0.15, -0.1) is 0 Å². The van der Waals surface area contributed by atoms with Crippen LogP contribution in [0.25, 0.3) is 10.9 Å². The molecule has 2 aliphatic heterocycles. The molecule has 2 aliphatic rings. The number of H-pyrrole nitrogens is 1. The second-order valence-electron chi connectivity index (χ2n) is 10.2. The molecule has 2 amide bonds. The highest BCUT2D eigenvalue weighted by Crippen LogP contribution is 2.49. The van der Waals surface area contributed by atoms with Gasteiger partial charge in [-0.2, -0.15) is 0 Å². The molecule has 1 aromatic heterocycles. The van der Waals surface area contributed by atoms with Crippen molar-refractivity contribution < 1.29 is 19.1 Å². The number of hydrogen-bond acceptors (Lipinski definition) is 4. The second kappa shape index (κ2) is 10.1. The van der Waals surface area contributed by atoms with Crippen LogP contribution in [0.2, 0.25) is 0 Å². The summed E-state index contributed by atoms with van der Waals surface area (Å²) < 4.78 is 11.9. The van der Waals surface area contributed by atoms with E-state index in [0.717, 1.165) is 52.7 Å². The number of amides is 2. The lowest BCUT2D eigenvalue weighted by Crippen LogP contribution is -2.67. The van der Waals surface area contributed by atoms with Crippen LogP contribution >= 0.6 is 0 Å². The van der Waals surface area contributed by atoms with Crippen LogP contribution in [-0.2, 0) is 15.1 Å². The van der Waals surface area contributed by atoms with Gasteiger partial charge in [0.2, 0.25) is 5.91 Å². The largest absolute Gasteiger partial charge is 0.490 e. The predicted octanol–water partition coefficient (Wildman–Crippen LogP) is 5.19. The van der Waals surface area contributed by atoms with Gasteiger partial charge < -0.3 is 24.3 Å². The van der Waals surface area contributed by atoms with Crippen LogP contribution in [0, 0.1) is 0 Å². The van der Waals surface area contributed by atoms with Crippen LogP contribution in [-0.4, -0.2) is 59.4 Å². The molecule has 0 spiro atoms. The Morgan fingerprint density at radius 3 is 2.59 bits per heavy atom. The third kappa shape index (κ3) is 4.14. The maximum absolute atomic E-state index is 14.0. The Labute approximate surface area is 218 Å². The van der Waals surface area contributed by atoms with Gasteiger partial charge >= 0.3 is 0 Å². The molecule has 37 heavy (non-hydrogen) atoms. The van der Waals surface area contributed by atoms with Crippen LogP contribution in [0.15, 0.2) is 42.5 Å². The first-order chi connectivity index (χ1) is 17.9. The van der Waals surface area contributed by atoms with Crippen molar-refractivity contribution in [3.63, 3.8) is 0 Å². The number of unbranched alkanes of at least 4 members (excludes halogenated alkanes) is 1. The molecule has 196 valence electrons. The molecule has 0 unspecified atom stereocenters. The van der Waals surface area contributed by atoms with Crippen molar-refractivity contribution in [3.05, 3.63) is 59.3 Å². The number of aromatic amines is 1. The van der Waals surface area contributed by atoms with Gasteiger partial charge in [-0.25, -0.2) is 0 Å². The molecule has 0 saturated carbocycles. The standard InChI is InChI=1S/C30H37N3O4/c1-5-8-15-32-19-26(34)33-18-22(20-13-14-24(37-16-6-2)25(17-20)36-7-3)27-21-11-9-10-12-23(21)31-28(27)30(33,4)29(32)35/h9-14,17,22,31H,5-8,15-16,18-19H2,1-4H3/t22-,30+/m1/s1. The topological polar surface area (TPSA) is 74.9 Å². The molecule has 2 aromatic carbocycles. The van der Waals surface area contributed by atoms with Crippen molar-refractivity contribution in [1.82, 2.24) is 14.8 Å². The van der Waals surface area contributed by atoms with E-state index in [2.05, 4.69) is 31.0 Å². The van der Waals surface area contributed by atoms with E-state index >= 15 is 0 Å². The lowest BCUT2D eigenvalue weighted by Gasteiger charge is -2.51. The highest BCUT2D eigenvalue weighted by Gasteiger charge is 2.56. The van der Waals surface area contributed by atoms with Crippen LogP contribution in [0.3, 0.4) is 0 Å². The SMILES string of the molecule is CCCCN1CC(=O)N2C[C@H](c3ccc(OCCC)c(OCC)c3)c3c([nH]c4ccccc34)[C@@]2(C)C1=O. The van der Waals surface area contributed by atoms with Gasteiger partial charge in [-0.1, -0.05) is 44.5 Å². The Morgan fingerprint density at radius 1 is 1.03 bits per heavy atom. The van der Waals surface area contributed by atoms with E-state index in [4.69, 9.17) is 9.47 Å². The van der Waals surface area contributed by atoms with Crippen molar-refractivity contribution in [2.75, 3.05) is 32.8 Å². The van der Waals surface area contributed by atoms with E-state index in [9.17, 15) is 9.59 Å². The zero-order valence-corrected chi connectivity index (χ0v) is 22.3. The van der Waals surface area contributed by atoms with E-state index in [1.165, 1.54) is 0 Å². The normalized spacial score (nSPS) is 21.2. The van der Waals surface area contributed by atoms with Gasteiger partial charge in [-0.3, -0.25) is 9.59 Å². The van der Waals surface area contributed by atoms with Gasteiger partial charge in [0.15, 0.2) is 17.0 Å². The number of para-hydroxylation sites is 1. The molecule has 1 fully saturated rings. The summed E-state index contributed by atoms with van der Waals surface area (Å²) >= 11 is 0. The monoisotopic (exact) mass is 503 g/mol. The molecule has 0 aliphatic carbocycles. The van der Waals surface area contributed by atoms with Crippen molar-refractivity contribution in [2.45, 2.75) is 58.4 Å². The number of carbonyl (C=O) groups excluding carboxylic acids is 2. The van der Waals surface area contributed by atoms with Crippen molar-refractivity contribution in [3.8, 4) is 11.5 Å². The average Bonchev–Trinajstić information content (AvgIpc) is 3.30. The second-order valence-corrected chi connectivity index (χ2v) is 10.2. The van der Waals surface area contributed by atoms with Gasteiger partial charge in [0, 0.05) is 29.9 Å². The average molecular weight is 504 g/mol. The summed E-state index contributed by atoms with van der Waals surface area (Å²) in [5, 5.41) is 1.08. The molecule has 0 bridgehead atoms. The Morgan fingerprint density at radius 2 is 1.84 bits per heavy atom. The predicted molar refractivity (Wildman–Crippen MR) is 144 cm³/mol. The highest BCUT2D eigenvalue weighted by molar-refractivity contribution is 6.01. The molecule has 3 aromatic rings. The van der Waals surface area contributed by atoms with Crippen molar-refractivity contribution >= 4 is 22.7 Å². The smallest absolute Gasteiger partial charge is 0.254 e. The molecule has 2 atom stereocenters. The molecular formula is C30H37N3O4. The van der Waals surface area contributed by atoms with E-state index in [0.29, 0.717) is 32.1 Å². The highest BCUT2D eigenvalue weighted by atomic mass is 16.5. The summed E-state index contributed by atoms with van der Waals surface area (Å²) in [7, 11) is 0. The molecule has 7 nitrogen and oxygen atoms in total. The molecule has 7 heteroatoms. The molecule has 1 saturated heterocycles. The number of nitrogens with zero attached hydrogens (tertiary/aromatic N) is 2. The molecule has 0 radical (unpaired) electrons. The number of rotatable bonds is 9. The van der Waals surface area contributed by atoms with Gasteiger partial charge in [0.1, 0.15) is 0 Å². The lowest BCUT2D eigenvalue weighted by molar-refractivity contribution is -0.166. The van der Waals surface area contributed by atoms with Crippen molar-refractivity contribution in [1.29, 1.82) is 0 Å². The molecule has 3 heterocycles. The molecular weight excluding hydrogens is 466 g/mol. The van der Waals surface area contributed by atoms with Crippen LogP contribution < -0.4 is 9.47 Å². The zero-order valence-electron chi connectivity index (χ0n) is 22.3. The number of fused-ring (bicyclic) bond motifs is 5. The summed E-state index contributed by atoms with van der Waals surface area (Å²) in [6.45, 7) is 10.3. The maximum atomic E-state index is 14.0. The Balaban J connectivity index is 1.66.